The predicted octanol–water partition coefficient (Wildman–Crippen LogP) is 6.45. The zero-order valence-electron chi connectivity index (χ0n) is 21.5. The van der Waals surface area contributed by atoms with Crippen molar-refractivity contribution in [3.63, 3.8) is 0 Å². The minimum absolute atomic E-state index is 0.0111. The van der Waals surface area contributed by atoms with Gasteiger partial charge in [0.1, 0.15) is 6.54 Å². The van der Waals surface area contributed by atoms with Crippen LogP contribution in [0.25, 0.3) is 0 Å². The van der Waals surface area contributed by atoms with E-state index in [4.69, 9.17) is 0 Å². The number of tetrazole rings is 1. The van der Waals surface area contributed by atoms with Crippen LogP contribution in [-0.2, 0) is 32.1 Å². The third-order valence-electron chi connectivity index (χ3n) is 6.68. The number of rotatable bonds is 5. The first-order valence-electron chi connectivity index (χ1n) is 12.1. The van der Waals surface area contributed by atoms with E-state index in [0.717, 1.165) is 10.9 Å². The number of halogens is 9. The van der Waals surface area contributed by atoms with Gasteiger partial charge in [0.15, 0.2) is 0 Å². The molecular formula is C25H22F9N7. The second-order valence-electron chi connectivity index (χ2n) is 9.58. The standard InChI is InChI=1S/C25H22F9N7/c1-14-8-18-20(4-3-6-40(7-5-35)21(18)12-19(14)25(32,33)34)41(22-36-38-39(2)37-22)13-15-9-16(23(26,27)28)11-17(10-15)24(29,30)31/h8-12,20H,3-4,6-7,13H2,1-2H3. The van der Waals surface area contributed by atoms with E-state index >= 15 is 0 Å². The molecule has 0 radical (unpaired) electrons. The molecule has 0 spiro atoms. The van der Waals surface area contributed by atoms with E-state index in [2.05, 4.69) is 15.4 Å². The fourth-order valence-electron chi connectivity index (χ4n) is 4.91. The minimum Gasteiger partial charge on any atom is -0.358 e. The number of nitriles is 1. The molecule has 7 nitrogen and oxygen atoms in total. The number of fused-ring (bicyclic) bond motifs is 1. The maximum atomic E-state index is 13.8. The fourth-order valence-corrected chi connectivity index (χ4v) is 4.91. The van der Waals surface area contributed by atoms with Crippen LogP contribution in [0.15, 0.2) is 30.3 Å². The Bertz CT molecular complexity index is 1420. The van der Waals surface area contributed by atoms with Crippen LogP contribution in [0.5, 0.6) is 0 Å². The topological polar surface area (TPSA) is 73.9 Å². The lowest BCUT2D eigenvalue weighted by Crippen LogP contribution is -2.30. The average Bonchev–Trinajstić information content (AvgIpc) is 3.21. The number of aromatic nitrogens is 4. The highest BCUT2D eigenvalue weighted by Crippen LogP contribution is 2.44. The number of alkyl halides is 9. The molecular weight excluding hydrogens is 569 g/mol. The van der Waals surface area contributed by atoms with Crippen LogP contribution in [0.2, 0.25) is 0 Å². The molecule has 1 aromatic heterocycles. The summed E-state index contributed by atoms with van der Waals surface area (Å²) in [6.07, 6.45) is -14.3. The third kappa shape index (κ3) is 6.49. The third-order valence-corrected chi connectivity index (χ3v) is 6.68. The van der Waals surface area contributed by atoms with Gasteiger partial charge in [-0.2, -0.15) is 49.6 Å². The normalized spacial score (nSPS) is 16.2. The molecule has 1 aliphatic rings. The molecule has 16 heteroatoms. The molecule has 0 amide bonds. The van der Waals surface area contributed by atoms with Gasteiger partial charge in [0, 0.05) is 18.8 Å². The summed E-state index contributed by atoms with van der Waals surface area (Å²) < 4.78 is 123. The van der Waals surface area contributed by atoms with E-state index in [9.17, 15) is 44.8 Å². The first-order valence-corrected chi connectivity index (χ1v) is 12.1. The molecule has 2 heterocycles. The molecule has 0 saturated carbocycles. The lowest BCUT2D eigenvalue weighted by atomic mass is 9.94. The van der Waals surface area contributed by atoms with Gasteiger partial charge in [-0.25, -0.2) is 0 Å². The van der Waals surface area contributed by atoms with E-state index in [1.165, 1.54) is 29.8 Å². The van der Waals surface area contributed by atoms with Gasteiger partial charge < -0.3 is 9.80 Å². The van der Waals surface area contributed by atoms with E-state index in [-0.39, 0.29) is 48.3 Å². The van der Waals surface area contributed by atoms with Crippen molar-refractivity contribution in [1.82, 2.24) is 20.2 Å². The van der Waals surface area contributed by atoms with Gasteiger partial charge in [0.05, 0.1) is 35.8 Å². The van der Waals surface area contributed by atoms with Crippen molar-refractivity contribution < 1.29 is 39.5 Å². The van der Waals surface area contributed by atoms with Gasteiger partial charge in [0.2, 0.25) is 0 Å². The number of nitrogens with zero attached hydrogens (tertiary/aromatic N) is 7. The number of hydrogen-bond acceptors (Lipinski definition) is 6. The van der Waals surface area contributed by atoms with E-state index in [0.29, 0.717) is 24.1 Å². The summed E-state index contributed by atoms with van der Waals surface area (Å²) in [4.78, 5) is 3.82. The smallest absolute Gasteiger partial charge is 0.358 e. The maximum absolute atomic E-state index is 13.8. The lowest BCUT2D eigenvalue weighted by Gasteiger charge is -2.33. The van der Waals surface area contributed by atoms with E-state index in [1.807, 2.05) is 6.07 Å². The van der Waals surface area contributed by atoms with Crippen molar-refractivity contribution in [3.05, 3.63) is 63.7 Å². The van der Waals surface area contributed by atoms with Gasteiger partial charge in [-0.3, -0.25) is 0 Å². The highest BCUT2D eigenvalue weighted by molar-refractivity contribution is 5.62. The van der Waals surface area contributed by atoms with Gasteiger partial charge in [-0.15, -0.1) is 5.10 Å². The molecule has 1 atom stereocenters. The number of anilines is 2. The highest BCUT2D eigenvalue weighted by atomic mass is 19.4. The Labute approximate surface area is 227 Å². The first-order chi connectivity index (χ1) is 19.0. The van der Waals surface area contributed by atoms with Crippen molar-refractivity contribution in [2.24, 2.45) is 7.05 Å². The van der Waals surface area contributed by atoms with Crippen LogP contribution in [0.1, 0.15) is 52.3 Å². The zero-order chi connectivity index (χ0) is 30.3. The summed E-state index contributed by atoms with van der Waals surface area (Å²) in [6, 6.07) is 4.39. The average molecular weight is 591 g/mol. The summed E-state index contributed by atoms with van der Waals surface area (Å²) in [5.41, 5.74) is -4.12. The fraction of sp³-hybridized carbons (Fsp3) is 0.440. The Balaban J connectivity index is 1.91. The summed E-state index contributed by atoms with van der Waals surface area (Å²) in [6.45, 7) is 0.626. The van der Waals surface area contributed by atoms with E-state index < -0.39 is 47.8 Å². The molecule has 1 unspecified atom stereocenters. The van der Waals surface area contributed by atoms with Crippen molar-refractivity contribution >= 4 is 11.6 Å². The van der Waals surface area contributed by atoms with Crippen LogP contribution in [0, 0.1) is 18.3 Å². The quantitative estimate of drug-likeness (QED) is 0.251. The van der Waals surface area contributed by atoms with E-state index in [1.54, 1.807) is 0 Å². The largest absolute Gasteiger partial charge is 0.416 e. The van der Waals surface area contributed by atoms with Crippen molar-refractivity contribution in [2.75, 3.05) is 22.9 Å². The van der Waals surface area contributed by atoms with Gasteiger partial charge >= 0.3 is 18.5 Å². The van der Waals surface area contributed by atoms with Gasteiger partial charge in [-0.1, -0.05) is 11.2 Å². The molecule has 1 aliphatic heterocycles. The summed E-state index contributed by atoms with van der Waals surface area (Å²) >= 11 is 0. The van der Waals surface area contributed by atoms with Crippen LogP contribution in [0.3, 0.4) is 0 Å². The molecule has 220 valence electrons. The van der Waals surface area contributed by atoms with Gasteiger partial charge in [-0.05, 0) is 65.9 Å². The molecule has 0 fully saturated rings. The number of benzene rings is 2. The maximum Gasteiger partial charge on any atom is 0.416 e. The molecule has 0 N–H and O–H groups in total. The Morgan fingerprint density at radius 3 is 2.10 bits per heavy atom. The highest BCUT2D eigenvalue weighted by Gasteiger charge is 2.39. The lowest BCUT2D eigenvalue weighted by molar-refractivity contribution is -0.143. The summed E-state index contributed by atoms with van der Waals surface area (Å²) in [5, 5.41) is 21.0. The Kier molecular flexibility index (Phi) is 7.85. The number of hydrogen-bond donors (Lipinski definition) is 0. The first kappa shape index (κ1) is 29.9. The van der Waals surface area contributed by atoms with Crippen LogP contribution in [-0.4, -0.2) is 33.3 Å². The summed E-state index contributed by atoms with van der Waals surface area (Å²) in [5.74, 6) is -0.152. The van der Waals surface area contributed by atoms with Crippen molar-refractivity contribution in [2.45, 2.75) is 50.9 Å². The molecule has 0 saturated heterocycles. The number of aryl methyl sites for hydroxylation is 2. The second-order valence-corrected chi connectivity index (χ2v) is 9.58. The summed E-state index contributed by atoms with van der Waals surface area (Å²) in [7, 11) is 1.40. The Morgan fingerprint density at radius 1 is 0.951 bits per heavy atom. The minimum atomic E-state index is -5.08. The molecule has 41 heavy (non-hydrogen) atoms. The van der Waals surface area contributed by atoms with Crippen LogP contribution >= 0.6 is 0 Å². The Morgan fingerprint density at radius 2 is 1.59 bits per heavy atom. The monoisotopic (exact) mass is 591 g/mol. The molecule has 0 aliphatic carbocycles. The molecule has 3 aromatic rings. The van der Waals surface area contributed by atoms with Crippen LogP contribution < -0.4 is 9.80 Å². The van der Waals surface area contributed by atoms with Crippen LogP contribution in [0.4, 0.5) is 51.1 Å². The molecule has 4 rings (SSSR count). The van der Waals surface area contributed by atoms with Crippen molar-refractivity contribution in [1.29, 1.82) is 5.26 Å². The Hall–Kier alpha value is -4.03. The second kappa shape index (κ2) is 10.7. The van der Waals surface area contributed by atoms with Crippen molar-refractivity contribution in [3.8, 4) is 6.07 Å². The molecule has 0 bridgehead atoms. The van der Waals surface area contributed by atoms with Gasteiger partial charge in [0.25, 0.3) is 5.95 Å². The predicted molar refractivity (Wildman–Crippen MR) is 127 cm³/mol. The zero-order valence-corrected chi connectivity index (χ0v) is 21.5. The molecule has 2 aromatic carbocycles. The SMILES string of the molecule is Cc1cc2c(cc1C(F)(F)F)N(CC#N)CCCC2N(Cc1cc(C(F)(F)F)cc(C(F)(F)F)c1)c1nnn(C)n1.